The van der Waals surface area contributed by atoms with Gasteiger partial charge in [-0.05, 0) is 24.7 Å². The third-order valence-corrected chi connectivity index (χ3v) is 3.02. The van der Waals surface area contributed by atoms with Crippen molar-refractivity contribution in [1.29, 1.82) is 0 Å². The predicted molar refractivity (Wildman–Crippen MR) is 71.3 cm³/mol. The number of benzene rings is 1. The zero-order valence-corrected chi connectivity index (χ0v) is 10.9. The summed E-state index contributed by atoms with van der Waals surface area (Å²) in [5.74, 6) is 0. The van der Waals surface area contributed by atoms with Crippen LogP contribution in [0.15, 0.2) is 36.5 Å². The van der Waals surface area contributed by atoms with Gasteiger partial charge in [0, 0.05) is 25.8 Å². The zero-order chi connectivity index (χ0) is 13.0. The van der Waals surface area contributed by atoms with E-state index in [0.29, 0.717) is 0 Å². The molecule has 0 saturated heterocycles. The summed E-state index contributed by atoms with van der Waals surface area (Å²) in [6.45, 7) is 0. The number of ether oxygens (including phenoxy) is 2. The maximum Gasteiger partial charge on any atom is 0.176 e. The minimum Gasteiger partial charge on any atom is -0.354 e. The van der Waals surface area contributed by atoms with Gasteiger partial charge in [0.2, 0.25) is 0 Å². The van der Waals surface area contributed by atoms with Gasteiger partial charge in [0.1, 0.15) is 0 Å². The molecule has 0 aliphatic carbocycles. The molecule has 1 aromatic carbocycles. The van der Waals surface area contributed by atoms with Crippen molar-refractivity contribution < 1.29 is 9.47 Å². The largest absolute Gasteiger partial charge is 0.354 e. The Hall–Kier alpha value is -1.49. The highest BCUT2D eigenvalue weighted by Gasteiger charge is 2.21. The lowest BCUT2D eigenvalue weighted by Gasteiger charge is -2.24. The van der Waals surface area contributed by atoms with Gasteiger partial charge in [0.15, 0.2) is 6.29 Å². The highest BCUT2D eigenvalue weighted by atomic mass is 16.7. The number of likely N-dealkylation sites (N-methyl/N-ethyl adjacent to an activating group) is 1. The van der Waals surface area contributed by atoms with Crippen LogP contribution in [0.2, 0.25) is 0 Å². The first kappa shape index (κ1) is 13.0. The maximum atomic E-state index is 5.31. The minimum absolute atomic E-state index is 0.0443. The number of pyridine rings is 1. The lowest BCUT2D eigenvalue weighted by molar-refractivity contribution is -0.123. The third kappa shape index (κ3) is 2.51. The zero-order valence-electron chi connectivity index (χ0n) is 10.9. The summed E-state index contributed by atoms with van der Waals surface area (Å²) >= 11 is 0. The van der Waals surface area contributed by atoms with E-state index in [1.54, 1.807) is 14.2 Å². The number of rotatable bonds is 5. The number of para-hydroxylation sites is 1. The van der Waals surface area contributed by atoms with Crippen LogP contribution >= 0.6 is 0 Å². The van der Waals surface area contributed by atoms with Gasteiger partial charge in [-0.15, -0.1) is 0 Å². The van der Waals surface area contributed by atoms with E-state index in [-0.39, 0.29) is 12.3 Å². The van der Waals surface area contributed by atoms with E-state index >= 15 is 0 Å². The summed E-state index contributed by atoms with van der Waals surface area (Å²) in [7, 11) is 5.14. The molecule has 1 unspecified atom stereocenters. The number of nitrogens with one attached hydrogen (secondary N) is 1. The highest BCUT2D eigenvalue weighted by Crippen LogP contribution is 2.22. The van der Waals surface area contributed by atoms with Crippen molar-refractivity contribution in [3.05, 3.63) is 42.1 Å². The van der Waals surface area contributed by atoms with Gasteiger partial charge in [-0.25, -0.2) is 0 Å². The second kappa shape index (κ2) is 5.91. The Labute approximate surface area is 107 Å². The van der Waals surface area contributed by atoms with Crippen LogP contribution in [0.4, 0.5) is 0 Å². The van der Waals surface area contributed by atoms with Gasteiger partial charge in [0.05, 0.1) is 11.6 Å². The Kier molecular flexibility index (Phi) is 4.25. The summed E-state index contributed by atoms with van der Waals surface area (Å²) in [6, 6.07) is 10.1. The molecule has 0 aliphatic rings. The van der Waals surface area contributed by atoms with Crippen LogP contribution in [0, 0.1) is 0 Å². The fraction of sp³-hybridized carbons (Fsp3) is 0.357. The molecule has 0 spiro atoms. The van der Waals surface area contributed by atoms with Gasteiger partial charge in [-0.2, -0.15) is 0 Å². The minimum atomic E-state index is -0.335. The van der Waals surface area contributed by atoms with Crippen molar-refractivity contribution in [2.75, 3.05) is 21.3 Å². The van der Waals surface area contributed by atoms with Crippen molar-refractivity contribution in [2.24, 2.45) is 0 Å². The normalized spacial score (nSPS) is 13.1. The molecule has 0 fully saturated rings. The number of nitrogens with zero attached hydrogens (tertiary/aromatic N) is 1. The van der Waals surface area contributed by atoms with Crippen LogP contribution in [-0.2, 0) is 9.47 Å². The SMILES string of the molecule is CNC(c1cnc2ccccc2c1)C(OC)OC. The molecule has 2 aromatic rings. The average molecular weight is 246 g/mol. The van der Waals surface area contributed by atoms with E-state index < -0.39 is 0 Å². The monoisotopic (exact) mass is 246 g/mol. The maximum absolute atomic E-state index is 5.31. The van der Waals surface area contributed by atoms with Crippen molar-refractivity contribution in [3.63, 3.8) is 0 Å². The summed E-state index contributed by atoms with van der Waals surface area (Å²) in [6.07, 6.45) is 1.52. The molecule has 4 nitrogen and oxygen atoms in total. The lowest BCUT2D eigenvalue weighted by atomic mass is 10.1. The summed E-state index contributed by atoms with van der Waals surface area (Å²) < 4.78 is 10.6. The van der Waals surface area contributed by atoms with Crippen molar-refractivity contribution in [2.45, 2.75) is 12.3 Å². The molecule has 0 saturated carbocycles. The predicted octanol–water partition coefficient (Wildman–Crippen LogP) is 2.11. The lowest BCUT2D eigenvalue weighted by Crippen LogP contribution is -2.32. The first-order chi connectivity index (χ1) is 8.80. The van der Waals surface area contributed by atoms with Crippen LogP contribution in [0.3, 0.4) is 0 Å². The molecule has 0 radical (unpaired) electrons. The van der Waals surface area contributed by atoms with Gasteiger partial charge < -0.3 is 14.8 Å². The van der Waals surface area contributed by atoms with Gasteiger partial charge in [-0.1, -0.05) is 18.2 Å². The number of hydrogen-bond acceptors (Lipinski definition) is 4. The van der Waals surface area contributed by atoms with Gasteiger partial charge in [-0.3, -0.25) is 4.98 Å². The molecule has 18 heavy (non-hydrogen) atoms. The van der Waals surface area contributed by atoms with Gasteiger partial charge >= 0.3 is 0 Å². The molecule has 4 heteroatoms. The van der Waals surface area contributed by atoms with Crippen LogP contribution in [0.5, 0.6) is 0 Å². The van der Waals surface area contributed by atoms with Crippen LogP contribution in [0.1, 0.15) is 11.6 Å². The third-order valence-electron chi connectivity index (χ3n) is 3.02. The molecular formula is C14H18N2O2. The summed E-state index contributed by atoms with van der Waals surface area (Å²) in [5.41, 5.74) is 2.03. The first-order valence-corrected chi connectivity index (χ1v) is 5.87. The van der Waals surface area contributed by atoms with E-state index in [2.05, 4.69) is 16.4 Å². The first-order valence-electron chi connectivity index (χ1n) is 5.87. The molecular weight excluding hydrogens is 228 g/mol. The van der Waals surface area contributed by atoms with Crippen LogP contribution < -0.4 is 5.32 Å². The van der Waals surface area contributed by atoms with E-state index in [9.17, 15) is 0 Å². The van der Waals surface area contributed by atoms with Crippen LogP contribution in [0.25, 0.3) is 10.9 Å². The number of aromatic nitrogens is 1. The fourth-order valence-corrected chi connectivity index (χ4v) is 2.09. The van der Waals surface area contributed by atoms with Crippen molar-refractivity contribution in [3.8, 4) is 0 Å². The highest BCUT2D eigenvalue weighted by molar-refractivity contribution is 5.78. The van der Waals surface area contributed by atoms with Crippen molar-refractivity contribution in [1.82, 2.24) is 10.3 Å². The van der Waals surface area contributed by atoms with Crippen molar-refractivity contribution >= 4 is 10.9 Å². The van der Waals surface area contributed by atoms with Crippen LogP contribution in [-0.4, -0.2) is 32.5 Å². The summed E-state index contributed by atoms with van der Waals surface area (Å²) in [4.78, 5) is 4.45. The topological polar surface area (TPSA) is 43.4 Å². The Bertz CT molecular complexity index is 512. The molecule has 0 amide bonds. The standard InChI is InChI=1S/C14H18N2O2/c1-15-13(14(17-2)18-3)11-8-10-6-4-5-7-12(10)16-9-11/h4-9,13-15H,1-3H3. The molecule has 0 bridgehead atoms. The van der Waals surface area contributed by atoms with Gasteiger partial charge in [0.25, 0.3) is 0 Å². The Balaban J connectivity index is 2.39. The smallest absolute Gasteiger partial charge is 0.176 e. The Morgan fingerprint density at radius 2 is 1.89 bits per heavy atom. The molecule has 2 rings (SSSR count). The second-order valence-electron chi connectivity index (χ2n) is 4.07. The molecule has 1 N–H and O–H groups in total. The number of hydrogen-bond donors (Lipinski definition) is 1. The average Bonchev–Trinajstić information content (AvgIpc) is 2.44. The molecule has 0 aliphatic heterocycles. The van der Waals surface area contributed by atoms with E-state index in [0.717, 1.165) is 16.5 Å². The molecule has 96 valence electrons. The molecule has 1 heterocycles. The van der Waals surface area contributed by atoms with E-state index in [1.807, 2.05) is 37.5 Å². The summed E-state index contributed by atoms with van der Waals surface area (Å²) in [5, 5.41) is 4.31. The van der Waals surface area contributed by atoms with E-state index in [4.69, 9.17) is 9.47 Å². The molecule has 1 atom stereocenters. The quantitative estimate of drug-likeness (QED) is 0.821. The second-order valence-corrected chi connectivity index (χ2v) is 4.07. The number of methoxy groups -OCH3 is 2. The molecule has 1 aromatic heterocycles. The number of fused-ring (bicyclic) bond motifs is 1. The Morgan fingerprint density at radius 3 is 2.56 bits per heavy atom. The van der Waals surface area contributed by atoms with E-state index in [1.165, 1.54) is 0 Å². The fourth-order valence-electron chi connectivity index (χ4n) is 2.09. The Morgan fingerprint density at radius 1 is 1.17 bits per heavy atom.